The number of para-hydroxylation sites is 1. The number of likely N-dealkylation sites (N-methyl/N-ethyl adjacent to an activating group) is 1. The lowest BCUT2D eigenvalue weighted by atomic mass is 9.74. The SMILES string of the molecule is CB(Nc1ccccc1)N(C)C(C)(C)C.CC.CCC1N(C)c2cccn2C1(C)C. The average Bonchev–Trinajstić information content (AvgIpc) is 3.26. The van der Waals surface area contributed by atoms with E-state index in [9.17, 15) is 0 Å². The first-order valence-corrected chi connectivity index (χ1v) is 11.4. The lowest BCUT2D eigenvalue weighted by Gasteiger charge is -2.35. The maximum Gasteiger partial charge on any atom is 0.337 e. The van der Waals surface area contributed by atoms with Crippen LogP contribution in [0.4, 0.5) is 11.5 Å². The van der Waals surface area contributed by atoms with Crippen LogP contribution in [-0.2, 0) is 5.54 Å². The molecule has 1 aliphatic rings. The molecule has 1 atom stereocenters. The number of nitrogens with one attached hydrogen (secondary N) is 1. The Morgan fingerprint density at radius 1 is 1.07 bits per heavy atom. The van der Waals surface area contributed by atoms with Crippen LogP contribution in [0.5, 0.6) is 0 Å². The highest BCUT2D eigenvalue weighted by Crippen LogP contribution is 2.39. The van der Waals surface area contributed by atoms with Gasteiger partial charge in [-0.1, -0.05) is 39.0 Å². The van der Waals surface area contributed by atoms with Crippen LogP contribution >= 0.6 is 0 Å². The molecule has 3 rings (SSSR count). The molecular weight excluding hydrogens is 367 g/mol. The van der Waals surface area contributed by atoms with Crippen molar-refractivity contribution in [3.05, 3.63) is 48.7 Å². The van der Waals surface area contributed by atoms with Crippen molar-refractivity contribution < 1.29 is 0 Å². The van der Waals surface area contributed by atoms with E-state index in [1.807, 2.05) is 32.0 Å². The van der Waals surface area contributed by atoms with Crippen molar-refractivity contribution in [2.45, 2.75) is 85.8 Å². The minimum Gasteiger partial charge on any atom is -0.415 e. The number of hydrogen-bond donors (Lipinski definition) is 1. The highest BCUT2D eigenvalue weighted by atomic mass is 15.3. The molecule has 0 spiro atoms. The molecule has 1 aromatic carbocycles. The summed E-state index contributed by atoms with van der Waals surface area (Å²) in [6.07, 6.45) is 3.38. The van der Waals surface area contributed by atoms with Gasteiger partial charge in [-0.15, -0.1) is 0 Å². The molecule has 2 heterocycles. The van der Waals surface area contributed by atoms with Crippen molar-refractivity contribution in [2.24, 2.45) is 0 Å². The third kappa shape index (κ3) is 6.07. The zero-order valence-electron chi connectivity index (χ0n) is 21.3. The minimum absolute atomic E-state index is 0.182. The molecule has 0 saturated heterocycles. The van der Waals surface area contributed by atoms with Gasteiger partial charge in [0.2, 0.25) is 0 Å². The van der Waals surface area contributed by atoms with Gasteiger partial charge in [0.15, 0.2) is 0 Å². The lowest BCUT2D eigenvalue weighted by molar-refractivity contribution is 0.294. The van der Waals surface area contributed by atoms with Crippen molar-refractivity contribution in [2.75, 3.05) is 24.2 Å². The number of aromatic nitrogens is 1. The molecule has 1 N–H and O–H groups in total. The van der Waals surface area contributed by atoms with Crippen molar-refractivity contribution >= 4 is 18.5 Å². The van der Waals surface area contributed by atoms with Crippen LogP contribution in [0.3, 0.4) is 0 Å². The van der Waals surface area contributed by atoms with Crippen LogP contribution in [0.25, 0.3) is 0 Å². The van der Waals surface area contributed by atoms with E-state index in [2.05, 4.69) is 112 Å². The lowest BCUT2D eigenvalue weighted by Crippen LogP contribution is -2.50. The van der Waals surface area contributed by atoms with Crippen molar-refractivity contribution in [3.63, 3.8) is 0 Å². The van der Waals surface area contributed by atoms with Crippen LogP contribution in [-0.4, -0.2) is 42.0 Å². The highest BCUT2D eigenvalue weighted by Gasteiger charge is 2.40. The van der Waals surface area contributed by atoms with E-state index >= 15 is 0 Å². The predicted octanol–water partition coefficient (Wildman–Crippen LogP) is 6.42. The summed E-state index contributed by atoms with van der Waals surface area (Å²) in [6.45, 7) is 20.0. The Morgan fingerprint density at radius 2 is 1.63 bits per heavy atom. The highest BCUT2D eigenvalue weighted by molar-refractivity contribution is 6.58. The topological polar surface area (TPSA) is 23.4 Å². The number of benzene rings is 1. The van der Waals surface area contributed by atoms with Crippen molar-refractivity contribution in [3.8, 4) is 0 Å². The Labute approximate surface area is 186 Å². The summed E-state index contributed by atoms with van der Waals surface area (Å²) in [5, 5.41) is 3.47. The van der Waals surface area contributed by atoms with E-state index in [-0.39, 0.29) is 11.1 Å². The predicted molar refractivity (Wildman–Crippen MR) is 137 cm³/mol. The molecule has 1 unspecified atom stereocenters. The van der Waals surface area contributed by atoms with Gasteiger partial charge in [-0.3, -0.25) is 0 Å². The molecule has 0 fully saturated rings. The van der Waals surface area contributed by atoms with E-state index in [0.717, 1.165) is 0 Å². The number of rotatable bonds is 4. The molecule has 5 heteroatoms. The smallest absolute Gasteiger partial charge is 0.337 e. The second kappa shape index (κ2) is 10.9. The molecule has 1 aliphatic heterocycles. The van der Waals surface area contributed by atoms with E-state index in [1.54, 1.807) is 0 Å². The van der Waals surface area contributed by atoms with Gasteiger partial charge in [0.25, 0.3) is 0 Å². The van der Waals surface area contributed by atoms with E-state index < -0.39 is 0 Å². The molecule has 0 saturated carbocycles. The monoisotopic (exact) mass is 412 g/mol. The summed E-state index contributed by atoms with van der Waals surface area (Å²) in [4.78, 5) is 4.71. The van der Waals surface area contributed by atoms with Crippen molar-refractivity contribution in [1.82, 2.24) is 9.38 Å². The third-order valence-electron chi connectivity index (χ3n) is 6.17. The molecule has 0 bridgehead atoms. The minimum atomic E-state index is 0.182. The number of nitrogens with zero attached hydrogens (tertiary/aromatic N) is 3. The summed E-state index contributed by atoms with van der Waals surface area (Å²) in [7, 11) is 4.33. The van der Waals surface area contributed by atoms with Crippen molar-refractivity contribution in [1.29, 1.82) is 0 Å². The molecule has 1 aromatic heterocycles. The van der Waals surface area contributed by atoms with Gasteiger partial charge in [0, 0.05) is 24.5 Å². The summed E-state index contributed by atoms with van der Waals surface area (Å²) < 4.78 is 2.38. The fourth-order valence-electron chi connectivity index (χ4n) is 4.17. The van der Waals surface area contributed by atoms with Gasteiger partial charge in [-0.25, -0.2) is 0 Å². The average molecular weight is 412 g/mol. The van der Waals surface area contributed by atoms with E-state index in [1.165, 1.54) is 17.9 Å². The third-order valence-corrected chi connectivity index (χ3v) is 6.17. The van der Waals surface area contributed by atoms with Crippen LogP contribution < -0.4 is 10.1 Å². The molecule has 4 nitrogen and oxygen atoms in total. The van der Waals surface area contributed by atoms with Gasteiger partial charge < -0.3 is 19.5 Å². The Bertz CT molecular complexity index is 733. The normalized spacial score (nSPS) is 16.8. The summed E-state index contributed by atoms with van der Waals surface area (Å²) in [5.41, 5.74) is 1.59. The molecule has 168 valence electrons. The van der Waals surface area contributed by atoms with Crippen LogP contribution in [0.15, 0.2) is 48.7 Å². The second-order valence-corrected chi connectivity index (χ2v) is 9.39. The first-order chi connectivity index (χ1) is 14.0. The fraction of sp³-hybridized carbons (Fsp3) is 0.600. The first-order valence-electron chi connectivity index (χ1n) is 11.4. The Hall–Kier alpha value is -1.88. The number of fused-ring (bicyclic) bond motifs is 1. The molecular formula is C25H45BN4. The zero-order valence-corrected chi connectivity index (χ0v) is 21.3. The summed E-state index contributed by atoms with van der Waals surface area (Å²) >= 11 is 0. The number of hydrogen-bond acceptors (Lipinski definition) is 3. The Balaban J connectivity index is 0.000000279. The summed E-state index contributed by atoms with van der Waals surface area (Å²) in [6, 6.07) is 15.3. The quantitative estimate of drug-likeness (QED) is 0.586. The molecule has 2 aromatic rings. The zero-order chi connectivity index (χ0) is 23.1. The van der Waals surface area contributed by atoms with Crippen LogP contribution in [0, 0.1) is 0 Å². The fourth-order valence-corrected chi connectivity index (χ4v) is 4.17. The Kier molecular flexibility index (Phi) is 9.55. The maximum absolute atomic E-state index is 3.47. The molecule has 0 aliphatic carbocycles. The molecule has 30 heavy (non-hydrogen) atoms. The Morgan fingerprint density at radius 3 is 2.10 bits per heavy atom. The second-order valence-electron chi connectivity index (χ2n) is 9.39. The number of anilines is 2. The van der Waals surface area contributed by atoms with Crippen LogP contribution in [0.2, 0.25) is 6.82 Å². The van der Waals surface area contributed by atoms with Gasteiger partial charge in [0.1, 0.15) is 5.82 Å². The summed E-state index contributed by atoms with van der Waals surface area (Å²) in [5.74, 6) is 1.34. The first kappa shape index (κ1) is 26.2. The molecule has 0 amide bonds. The largest absolute Gasteiger partial charge is 0.415 e. The van der Waals surface area contributed by atoms with Gasteiger partial charge in [-0.05, 0) is 79.2 Å². The van der Waals surface area contributed by atoms with E-state index in [4.69, 9.17) is 0 Å². The maximum atomic E-state index is 3.47. The van der Waals surface area contributed by atoms with E-state index in [0.29, 0.717) is 13.0 Å². The van der Waals surface area contributed by atoms with Gasteiger partial charge in [0.05, 0.1) is 11.6 Å². The van der Waals surface area contributed by atoms with Crippen LogP contribution in [0.1, 0.15) is 61.8 Å². The van der Waals surface area contributed by atoms with Gasteiger partial charge >= 0.3 is 6.98 Å². The molecule has 0 radical (unpaired) electrons. The standard InChI is InChI=1S/C12H21BN2.C11H18N2.C2H6/c1-12(2,3)15(5)13(4)14-11-9-7-6-8-10-11;1-5-9-11(2,3)13-8-6-7-10(13)12(9)4;1-2/h6-10,14H,1-5H3;6-9H,5H2,1-4H3;1-2H3. The van der Waals surface area contributed by atoms with Gasteiger partial charge in [-0.2, -0.15) is 0 Å².